The lowest BCUT2D eigenvalue weighted by Gasteiger charge is -2.59. The van der Waals surface area contributed by atoms with Gasteiger partial charge >= 0.3 is 0 Å². The average Bonchev–Trinajstić information content (AvgIpc) is 2.97. The van der Waals surface area contributed by atoms with E-state index < -0.39 is 16.6 Å². The molecule has 0 spiro atoms. The summed E-state index contributed by atoms with van der Waals surface area (Å²) in [6.45, 7) is 19.1. The van der Waals surface area contributed by atoms with Crippen LogP contribution in [0.1, 0.15) is 58.8 Å². The molecule has 4 aliphatic rings. The van der Waals surface area contributed by atoms with Crippen molar-refractivity contribution in [2.45, 2.75) is 110 Å². The first-order chi connectivity index (χ1) is 14.8. The van der Waals surface area contributed by atoms with E-state index in [0.717, 1.165) is 12.8 Å². The zero-order chi connectivity index (χ0) is 23.5. The Bertz CT molecular complexity index is 783. The number of oxime groups is 1. The van der Waals surface area contributed by atoms with Crippen LogP contribution in [0.2, 0.25) is 39.3 Å². The Morgan fingerprint density at radius 2 is 1.50 bits per heavy atom. The van der Waals surface area contributed by atoms with E-state index in [4.69, 9.17) is 13.7 Å². The van der Waals surface area contributed by atoms with Crippen molar-refractivity contribution in [1.29, 1.82) is 0 Å². The van der Waals surface area contributed by atoms with E-state index in [1.54, 1.807) is 12.7 Å². The van der Waals surface area contributed by atoms with Crippen LogP contribution in [0.25, 0.3) is 0 Å². The van der Waals surface area contributed by atoms with Crippen LogP contribution in [0.15, 0.2) is 16.8 Å². The van der Waals surface area contributed by atoms with Gasteiger partial charge in [-0.05, 0) is 107 Å². The Labute approximate surface area is 198 Å². The van der Waals surface area contributed by atoms with Crippen LogP contribution in [-0.4, -0.2) is 41.7 Å². The molecule has 0 heterocycles. The number of fused-ring (bicyclic) bond motifs is 5. The highest BCUT2D eigenvalue weighted by Crippen LogP contribution is 2.65. The maximum Gasteiger partial charge on any atom is 0.184 e. The van der Waals surface area contributed by atoms with Gasteiger partial charge in [-0.1, -0.05) is 30.7 Å². The highest BCUT2D eigenvalue weighted by molar-refractivity contribution is 6.70. The highest BCUT2D eigenvalue weighted by atomic mass is 28.4. The van der Waals surface area contributed by atoms with E-state index in [9.17, 15) is 0 Å². The minimum absolute atomic E-state index is 0.165. The Hall–Kier alpha value is -0.436. The van der Waals surface area contributed by atoms with Crippen molar-refractivity contribution in [3.8, 4) is 0 Å². The third-order valence-corrected chi connectivity index (χ3v) is 11.0. The molecule has 0 radical (unpaired) electrons. The van der Waals surface area contributed by atoms with Crippen molar-refractivity contribution in [2.75, 3.05) is 7.11 Å². The normalized spacial score (nSPS) is 43.3. The molecule has 4 nitrogen and oxygen atoms in total. The molecule has 3 unspecified atom stereocenters. The summed E-state index contributed by atoms with van der Waals surface area (Å²) in [5.74, 6) is 1.94. The van der Waals surface area contributed by atoms with Gasteiger partial charge in [-0.25, -0.2) is 0 Å². The van der Waals surface area contributed by atoms with Gasteiger partial charge in [0, 0.05) is 11.5 Å². The zero-order valence-corrected chi connectivity index (χ0v) is 24.1. The summed E-state index contributed by atoms with van der Waals surface area (Å²) >= 11 is 0. The van der Waals surface area contributed by atoms with Gasteiger partial charge in [0.05, 0.1) is 11.8 Å². The van der Waals surface area contributed by atoms with E-state index in [1.807, 2.05) is 0 Å². The van der Waals surface area contributed by atoms with E-state index in [1.165, 1.54) is 37.8 Å². The molecule has 0 aliphatic heterocycles. The molecule has 4 rings (SSSR count). The lowest BCUT2D eigenvalue weighted by molar-refractivity contribution is -0.0651. The van der Waals surface area contributed by atoms with E-state index in [-0.39, 0.29) is 11.5 Å². The molecule has 7 atom stereocenters. The molecule has 0 saturated heterocycles. The molecule has 0 aromatic carbocycles. The summed E-state index contributed by atoms with van der Waals surface area (Å²) in [6.07, 6.45) is 11.6. The Morgan fingerprint density at radius 1 is 0.875 bits per heavy atom. The number of nitrogens with zero attached hydrogens (tertiary/aromatic N) is 1. The Kier molecular flexibility index (Phi) is 6.44. The largest absolute Gasteiger partial charge is 0.414 e. The fourth-order valence-electron chi connectivity index (χ4n) is 7.76. The molecule has 32 heavy (non-hydrogen) atoms. The Morgan fingerprint density at radius 3 is 2.12 bits per heavy atom. The van der Waals surface area contributed by atoms with Gasteiger partial charge in [0.25, 0.3) is 0 Å². The summed E-state index contributed by atoms with van der Waals surface area (Å²) in [4.78, 5) is 5.28. The van der Waals surface area contributed by atoms with Gasteiger partial charge in [-0.15, -0.1) is 0 Å². The molecule has 0 bridgehead atoms. The van der Waals surface area contributed by atoms with E-state index in [0.29, 0.717) is 29.3 Å². The maximum absolute atomic E-state index is 6.99. The van der Waals surface area contributed by atoms with Crippen LogP contribution < -0.4 is 0 Å². The standard InChI is InChI=1S/C26H47NO3Si2/c1-25-14-12-19(29-31(4,5)6)16-18(25)17-22(30-32(7,8)9)24-20-10-11-23(27-28-3)26(20,2)15-13-21(24)25/h17,19-22,24H,10-16H2,1-9H3/b27-23+/t19-,20?,21?,22-,24?,25-,26-/m0/s1. The SMILES string of the molecule is CO/N=C1\CCC2C3C(CC[C@]12C)[C@@]1(C)CC[C@H](O[Si](C)(C)C)CC1=C[C@@H]3O[Si](C)(C)C. The van der Waals surface area contributed by atoms with Gasteiger partial charge in [-0.3, -0.25) is 0 Å². The Balaban J connectivity index is 1.71. The number of rotatable bonds is 5. The zero-order valence-electron chi connectivity index (χ0n) is 22.1. The molecule has 3 fully saturated rings. The van der Waals surface area contributed by atoms with Crippen molar-refractivity contribution in [3.05, 3.63) is 11.6 Å². The van der Waals surface area contributed by atoms with Crippen LogP contribution in [0, 0.1) is 28.6 Å². The smallest absolute Gasteiger partial charge is 0.184 e. The molecule has 182 valence electrons. The molecule has 0 aromatic heterocycles. The highest BCUT2D eigenvalue weighted by Gasteiger charge is 2.61. The first kappa shape index (κ1) is 24.7. The minimum Gasteiger partial charge on any atom is -0.414 e. The first-order valence-electron chi connectivity index (χ1n) is 12.9. The second-order valence-electron chi connectivity index (χ2n) is 13.4. The van der Waals surface area contributed by atoms with Crippen LogP contribution in [-0.2, 0) is 13.7 Å². The van der Waals surface area contributed by atoms with Crippen molar-refractivity contribution >= 4 is 22.3 Å². The average molecular weight is 478 g/mol. The van der Waals surface area contributed by atoms with Crippen molar-refractivity contribution in [2.24, 2.45) is 33.7 Å². The number of hydrogen-bond donors (Lipinski definition) is 0. The van der Waals surface area contributed by atoms with Gasteiger partial charge in [0.1, 0.15) is 7.11 Å². The molecule has 0 aromatic rings. The van der Waals surface area contributed by atoms with Crippen LogP contribution in [0.5, 0.6) is 0 Å². The number of hydrogen-bond acceptors (Lipinski definition) is 4. The molecule has 0 amide bonds. The molecular weight excluding hydrogens is 430 g/mol. The predicted molar refractivity (Wildman–Crippen MR) is 138 cm³/mol. The van der Waals surface area contributed by atoms with Crippen LogP contribution in [0.3, 0.4) is 0 Å². The fourth-order valence-corrected chi connectivity index (χ4v) is 10.0. The summed E-state index contributed by atoms with van der Waals surface area (Å²) in [5.41, 5.74) is 3.40. The quantitative estimate of drug-likeness (QED) is 0.243. The molecular formula is C26H47NO3Si2. The molecule has 3 saturated carbocycles. The van der Waals surface area contributed by atoms with Crippen molar-refractivity contribution < 1.29 is 13.7 Å². The van der Waals surface area contributed by atoms with Crippen molar-refractivity contribution in [1.82, 2.24) is 0 Å². The molecule has 0 N–H and O–H groups in total. The molecule has 4 aliphatic carbocycles. The second kappa shape index (κ2) is 8.35. The summed E-state index contributed by atoms with van der Waals surface area (Å²) in [6, 6.07) is 0. The minimum atomic E-state index is -1.68. The summed E-state index contributed by atoms with van der Waals surface area (Å²) in [5, 5.41) is 4.52. The lowest BCUT2D eigenvalue weighted by atomic mass is 9.47. The second-order valence-corrected chi connectivity index (χ2v) is 22.3. The predicted octanol–water partition coefficient (Wildman–Crippen LogP) is 7.00. The van der Waals surface area contributed by atoms with Crippen LogP contribution in [0.4, 0.5) is 0 Å². The third-order valence-electron chi connectivity index (χ3n) is 9.02. The van der Waals surface area contributed by atoms with E-state index in [2.05, 4.69) is 64.4 Å². The fraction of sp³-hybridized carbons (Fsp3) is 0.885. The maximum atomic E-state index is 6.99. The van der Waals surface area contributed by atoms with Crippen LogP contribution >= 0.6 is 0 Å². The van der Waals surface area contributed by atoms with Crippen molar-refractivity contribution in [3.63, 3.8) is 0 Å². The van der Waals surface area contributed by atoms with E-state index >= 15 is 0 Å². The van der Waals surface area contributed by atoms with Gasteiger partial charge in [0.15, 0.2) is 16.6 Å². The monoisotopic (exact) mass is 477 g/mol. The third kappa shape index (κ3) is 4.46. The van der Waals surface area contributed by atoms with Gasteiger partial charge in [-0.2, -0.15) is 0 Å². The summed E-state index contributed by atoms with van der Waals surface area (Å²) in [7, 11) is -1.52. The summed E-state index contributed by atoms with van der Waals surface area (Å²) < 4.78 is 13.6. The first-order valence-corrected chi connectivity index (χ1v) is 19.8. The lowest BCUT2D eigenvalue weighted by Crippen LogP contribution is -2.56. The van der Waals surface area contributed by atoms with Gasteiger partial charge in [0.2, 0.25) is 0 Å². The topological polar surface area (TPSA) is 40.0 Å². The molecule has 6 heteroatoms. The van der Waals surface area contributed by atoms with Gasteiger partial charge < -0.3 is 13.7 Å².